The lowest BCUT2D eigenvalue weighted by atomic mass is 9.91. The van der Waals surface area contributed by atoms with Crippen LogP contribution in [0.5, 0.6) is 0 Å². The molecule has 19 heavy (non-hydrogen) atoms. The number of hydrogen-bond donors (Lipinski definition) is 1. The van der Waals surface area contributed by atoms with Gasteiger partial charge in [0, 0.05) is 6.54 Å². The van der Waals surface area contributed by atoms with Crippen LogP contribution < -0.4 is 5.32 Å². The molecule has 2 atom stereocenters. The number of sulfonamides is 1. The first-order valence-corrected chi connectivity index (χ1v) is 9.02. The molecule has 0 aromatic heterocycles. The van der Waals surface area contributed by atoms with Gasteiger partial charge in [-0.1, -0.05) is 12.8 Å². The Kier molecular flexibility index (Phi) is 5.62. The summed E-state index contributed by atoms with van der Waals surface area (Å²) in [5.74, 6) is 0.276. The van der Waals surface area contributed by atoms with E-state index in [1.54, 1.807) is 4.31 Å². The lowest BCUT2D eigenvalue weighted by Crippen LogP contribution is -2.55. The number of rotatable bonds is 6. The van der Waals surface area contributed by atoms with Crippen LogP contribution in [-0.4, -0.2) is 57.4 Å². The zero-order chi connectivity index (χ0) is 13.7. The fourth-order valence-electron chi connectivity index (χ4n) is 3.11. The predicted octanol–water partition coefficient (Wildman–Crippen LogP) is 0.959. The number of nitrogens with zero attached hydrogens (tertiary/aromatic N) is 1. The highest BCUT2D eigenvalue weighted by Crippen LogP contribution is 2.30. The van der Waals surface area contributed by atoms with Gasteiger partial charge in [-0.25, -0.2) is 8.42 Å². The zero-order valence-corrected chi connectivity index (χ0v) is 12.6. The molecule has 1 heterocycles. The molecule has 1 aliphatic heterocycles. The number of hydrogen-bond acceptors (Lipinski definition) is 4. The summed E-state index contributed by atoms with van der Waals surface area (Å²) >= 11 is 0. The van der Waals surface area contributed by atoms with Crippen LogP contribution in [-0.2, 0) is 14.8 Å². The molecule has 2 rings (SSSR count). The van der Waals surface area contributed by atoms with E-state index in [2.05, 4.69) is 5.32 Å². The van der Waals surface area contributed by atoms with Crippen LogP contribution in [0.4, 0.5) is 0 Å². The van der Waals surface area contributed by atoms with Crippen molar-refractivity contribution < 1.29 is 13.2 Å². The molecular weight excluding hydrogens is 264 g/mol. The highest BCUT2D eigenvalue weighted by Gasteiger charge is 2.39. The van der Waals surface area contributed by atoms with Crippen molar-refractivity contribution in [3.8, 4) is 0 Å². The van der Waals surface area contributed by atoms with Gasteiger partial charge >= 0.3 is 0 Å². The third kappa shape index (κ3) is 3.90. The van der Waals surface area contributed by atoms with Gasteiger partial charge in [0.2, 0.25) is 10.0 Å². The topological polar surface area (TPSA) is 58.6 Å². The average molecular weight is 290 g/mol. The van der Waals surface area contributed by atoms with E-state index in [9.17, 15) is 8.42 Å². The minimum absolute atomic E-state index is 0.0943. The van der Waals surface area contributed by atoms with E-state index in [4.69, 9.17) is 4.74 Å². The Morgan fingerprint density at radius 2 is 2.05 bits per heavy atom. The first-order valence-electron chi connectivity index (χ1n) is 7.41. The second kappa shape index (κ2) is 7.02. The smallest absolute Gasteiger partial charge is 0.214 e. The van der Waals surface area contributed by atoms with Crippen molar-refractivity contribution in [1.29, 1.82) is 0 Å². The molecule has 1 aliphatic carbocycles. The van der Waals surface area contributed by atoms with Gasteiger partial charge in [0.05, 0.1) is 24.5 Å². The van der Waals surface area contributed by atoms with Crippen molar-refractivity contribution in [2.75, 3.05) is 32.5 Å². The highest BCUT2D eigenvalue weighted by molar-refractivity contribution is 7.89. The minimum atomic E-state index is -3.11. The molecule has 2 unspecified atom stereocenters. The summed E-state index contributed by atoms with van der Waals surface area (Å²) in [7, 11) is -1.22. The Bertz CT molecular complexity index is 370. The standard InChI is InChI=1S/C13H26N2O3S/c1-14-8-4-5-11-19(16,17)15-9-10-18-13-7-3-2-6-12(13)15/h12-14H,2-11H2,1H3. The fraction of sp³-hybridized carbons (Fsp3) is 1.00. The van der Waals surface area contributed by atoms with Crippen LogP contribution in [0.3, 0.4) is 0 Å². The van der Waals surface area contributed by atoms with Gasteiger partial charge in [0.1, 0.15) is 0 Å². The number of fused-ring (bicyclic) bond motifs is 1. The molecule has 5 nitrogen and oxygen atoms in total. The van der Waals surface area contributed by atoms with E-state index < -0.39 is 10.0 Å². The fourth-order valence-corrected chi connectivity index (χ4v) is 4.92. The normalized spacial score (nSPS) is 29.1. The first-order chi connectivity index (χ1) is 9.15. The molecule has 1 saturated heterocycles. The molecule has 0 spiro atoms. The Labute approximate surface area is 116 Å². The molecule has 1 N–H and O–H groups in total. The van der Waals surface area contributed by atoms with Crippen molar-refractivity contribution >= 4 is 10.0 Å². The second-order valence-corrected chi connectivity index (χ2v) is 7.54. The molecule has 2 fully saturated rings. The second-order valence-electron chi connectivity index (χ2n) is 5.50. The lowest BCUT2D eigenvalue weighted by molar-refractivity contribution is -0.0586. The van der Waals surface area contributed by atoms with Gasteiger partial charge in [0.25, 0.3) is 0 Å². The zero-order valence-electron chi connectivity index (χ0n) is 11.8. The molecule has 0 bridgehead atoms. The van der Waals surface area contributed by atoms with Crippen LogP contribution in [0.2, 0.25) is 0 Å². The molecule has 0 aromatic rings. The summed E-state index contributed by atoms with van der Waals surface area (Å²) in [4.78, 5) is 0. The maximum atomic E-state index is 12.5. The number of unbranched alkanes of at least 4 members (excludes halogenated alkanes) is 1. The van der Waals surface area contributed by atoms with Crippen molar-refractivity contribution in [1.82, 2.24) is 9.62 Å². The van der Waals surface area contributed by atoms with Crippen molar-refractivity contribution in [2.24, 2.45) is 0 Å². The summed E-state index contributed by atoms with van der Waals surface area (Å²) in [6, 6.07) is 0.0943. The van der Waals surface area contributed by atoms with Gasteiger partial charge in [-0.2, -0.15) is 4.31 Å². The maximum Gasteiger partial charge on any atom is 0.214 e. The van der Waals surface area contributed by atoms with E-state index in [1.807, 2.05) is 7.05 Å². The van der Waals surface area contributed by atoms with Crippen LogP contribution in [0.25, 0.3) is 0 Å². The lowest BCUT2D eigenvalue weighted by Gasteiger charge is -2.42. The van der Waals surface area contributed by atoms with Gasteiger partial charge < -0.3 is 10.1 Å². The van der Waals surface area contributed by atoms with E-state index in [0.29, 0.717) is 13.2 Å². The Morgan fingerprint density at radius 3 is 2.84 bits per heavy atom. The Hall–Kier alpha value is -0.170. The van der Waals surface area contributed by atoms with Gasteiger partial charge in [0.15, 0.2) is 0 Å². The molecule has 0 radical (unpaired) electrons. The quantitative estimate of drug-likeness (QED) is 0.740. The van der Waals surface area contributed by atoms with Crippen molar-refractivity contribution in [2.45, 2.75) is 50.7 Å². The minimum Gasteiger partial charge on any atom is -0.375 e. The SMILES string of the molecule is CNCCCCS(=O)(=O)N1CCOC2CCCCC21. The number of morpholine rings is 1. The highest BCUT2D eigenvalue weighted by atomic mass is 32.2. The monoisotopic (exact) mass is 290 g/mol. The summed E-state index contributed by atoms with van der Waals surface area (Å²) < 4.78 is 32.4. The Morgan fingerprint density at radius 1 is 1.26 bits per heavy atom. The van der Waals surface area contributed by atoms with Crippen LogP contribution in [0.1, 0.15) is 38.5 Å². The first kappa shape index (κ1) is 15.2. The van der Waals surface area contributed by atoms with Crippen LogP contribution in [0, 0.1) is 0 Å². The summed E-state index contributed by atoms with van der Waals surface area (Å²) in [6.45, 7) is 1.97. The maximum absolute atomic E-state index is 12.5. The van der Waals surface area contributed by atoms with Crippen molar-refractivity contribution in [3.63, 3.8) is 0 Å². The summed E-state index contributed by atoms with van der Waals surface area (Å²) in [5, 5.41) is 3.05. The Balaban J connectivity index is 1.93. The molecule has 0 amide bonds. The molecule has 112 valence electrons. The number of ether oxygens (including phenoxy) is 1. The number of nitrogens with one attached hydrogen (secondary N) is 1. The molecule has 1 saturated carbocycles. The summed E-state index contributed by atoms with van der Waals surface area (Å²) in [6.07, 6.45) is 6.03. The largest absolute Gasteiger partial charge is 0.375 e. The van der Waals surface area contributed by atoms with E-state index in [-0.39, 0.29) is 17.9 Å². The third-order valence-electron chi connectivity index (χ3n) is 4.12. The third-order valence-corrected chi connectivity index (χ3v) is 6.09. The molecule has 2 aliphatic rings. The van der Waals surface area contributed by atoms with E-state index >= 15 is 0 Å². The average Bonchev–Trinajstić information content (AvgIpc) is 2.43. The van der Waals surface area contributed by atoms with Crippen LogP contribution in [0.15, 0.2) is 0 Å². The molecular formula is C13H26N2O3S. The van der Waals surface area contributed by atoms with Gasteiger partial charge in [-0.05, 0) is 39.3 Å². The van der Waals surface area contributed by atoms with Gasteiger partial charge in [-0.15, -0.1) is 0 Å². The van der Waals surface area contributed by atoms with E-state index in [1.165, 1.54) is 0 Å². The molecule has 6 heteroatoms. The predicted molar refractivity (Wildman–Crippen MR) is 75.6 cm³/mol. The van der Waals surface area contributed by atoms with Crippen LogP contribution >= 0.6 is 0 Å². The molecule has 0 aromatic carbocycles. The van der Waals surface area contributed by atoms with Crippen molar-refractivity contribution in [3.05, 3.63) is 0 Å². The summed E-state index contributed by atoms with van der Waals surface area (Å²) in [5.41, 5.74) is 0. The van der Waals surface area contributed by atoms with Gasteiger partial charge in [-0.3, -0.25) is 0 Å². The van der Waals surface area contributed by atoms with E-state index in [0.717, 1.165) is 45.1 Å².